The highest BCUT2D eigenvalue weighted by Gasteiger charge is 2.24. The van der Waals surface area contributed by atoms with E-state index in [0.717, 1.165) is 43.1 Å². The summed E-state index contributed by atoms with van der Waals surface area (Å²) < 4.78 is 5.84. The van der Waals surface area contributed by atoms with Crippen LogP contribution in [-0.4, -0.2) is 34.4 Å². The van der Waals surface area contributed by atoms with Crippen LogP contribution in [0, 0.1) is 11.8 Å². The molecule has 2 aromatic rings. The summed E-state index contributed by atoms with van der Waals surface area (Å²) in [6, 6.07) is 8.29. The Labute approximate surface area is 131 Å². The standard InChI is InChI=1S/C17H24N4O/c1-12(2)16-8-13(6-7-22-16)10-18-15-5-3-4-14(9-15)17-19-11-20-21-17/h3-5,9,11-13,16,18H,6-8,10H2,1-2H3,(H,19,20,21)/t13-,16+/m0/s1. The van der Waals surface area contributed by atoms with Crippen molar-refractivity contribution < 1.29 is 4.74 Å². The van der Waals surface area contributed by atoms with E-state index in [1.165, 1.54) is 6.33 Å². The van der Waals surface area contributed by atoms with E-state index >= 15 is 0 Å². The normalized spacial score (nSPS) is 22.0. The molecule has 0 aliphatic carbocycles. The summed E-state index contributed by atoms with van der Waals surface area (Å²) in [5, 5.41) is 10.4. The number of anilines is 1. The zero-order chi connectivity index (χ0) is 15.4. The second-order valence-electron chi connectivity index (χ2n) is 6.34. The molecule has 0 amide bonds. The van der Waals surface area contributed by atoms with E-state index in [9.17, 15) is 0 Å². The molecule has 1 aliphatic rings. The molecule has 1 saturated heterocycles. The molecule has 1 aromatic carbocycles. The number of nitrogens with zero attached hydrogens (tertiary/aromatic N) is 2. The van der Waals surface area contributed by atoms with Crippen LogP contribution in [0.5, 0.6) is 0 Å². The second-order valence-corrected chi connectivity index (χ2v) is 6.34. The fourth-order valence-corrected chi connectivity index (χ4v) is 2.93. The van der Waals surface area contributed by atoms with E-state index in [-0.39, 0.29) is 0 Å². The second kappa shape index (κ2) is 6.92. The molecule has 5 nitrogen and oxygen atoms in total. The number of hydrogen-bond acceptors (Lipinski definition) is 4. The van der Waals surface area contributed by atoms with Gasteiger partial charge in [-0.1, -0.05) is 26.0 Å². The molecule has 0 spiro atoms. The Morgan fingerprint density at radius 1 is 1.41 bits per heavy atom. The van der Waals surface area contributed by atoms with Gasteiger partial charge in [0.15, 0.2) is 5.82 Å². The number of aromatic nitrogens is 3. The predicted molar refractivity (Wildman–Crippen MR) is 87.6 cm³/mol. The van der Waals surface area contributed by atoms with E-state index < -0.39 is 0 Å². The maximum absolute atomic E-state index is 5.84. The van der Waals surface area contributed by atoms with Gasteiger partial charge in [0.05, 0.1) is 6.10 Å². The molecule has 3 rings (SSSR count). The number of H-pyrrole nitrogens is 1. The number of aromatic amines is 1. The molecule has 0 radical (unpaired) electrons. The summed E-state index contributed by atoms with van der Waals surface area (Å²) in [5.41, 5.74) is 2.18. The minimum atomic E-state index is 0.404. The summed E-state index contributed by atoms with van der Waals surface area (Å²) >= 11 is 0. The molecule has 2 N–H and O–H groups in total. The van der Waals surface area contributed by atoms with E-state index in [2.05, 4.69) is 46.5 Å². The Kier molecular flexibility index (Phi) is 4.73. The van der Waals surface area contributed by atoms with Crippen LogP contribution < -0.4 is 5.32 Å². The Balaban J connectivity index is 1.58. The average molecular weight is 300 g/mol. The van der Waals surface area contributed by atoms with Crippen LogP contribution in [0.15, 0.2) is 30.6 Å². The zero-order valence-corrected chi connectivity index (χ0v) is 13.2. The van der Waals surface area contributed by atoms with E-state index in [1.807, 2.05) is 12.1 Å². The van der Waals surface area contributed by atoms with Gasteiger partial charge in [-0.05, 0) is 36.8 Å². The highest BCUT2D eigenvalue weighted by molar-refractivity contribution is 5.61. The van der Waals surface area contributed by atoms with Crippen LogP contribution in [0.3, 0.4) is 0 Å². The van der Waals surface area contributed by atoms with Crippen LogP contribution in [-0.2, 0) is 4.74 Å². The van der Waals surface area contributed by atoms with E-state index in [1.54, 1.807) is 0 Å². The lowest BCUT2D eigenvalue weighted by Gasteiger charge is -2.32. The topological polar surface area (TPSA) is 62.8 Å². The number of nitrogens with one attached hydrogen (secondary N) is 2. The van der Waals surface area contributed by atoms with Crippen molar-refractivity contribution in [2.45, 2.75) is 32.8 Å². The number of hydrogen-bond donors (Lipinski definition) is 2. The van der Waals surface area contributed by atoms with Gasteiger partial charge in [-0.15, -0.1) is 0 Å². The first-order chi connectivity index (χ1) is 10.7. The molecule has 1 aromatic heterocycles. The van der Waals surface area contributed by atoms with Gasteiger partial charge in [-0.2, -0.15) is 5.10 Å². The molecule has 1 fully saturated rings. The molecule has 0 unspecified atom stereocenters. The molecular weight excluding hydrogens is 276 g/mol. The van der Waals surface area contributed by atoms with Gasteiger partial charge in [-0.3, -0.25) is 5.10 Å². The van der Waals surface area contributed by atoms with Crippen molar-refractivity contribution in [3.63, 3.8) is 0 Å². The van der Waals surface area contributed by atoms with Crippen molar-refractivity contribution >= 4 is 5.69 Å². The Morgan fingerprint density at radius 2 is 2.32 bits per heavy atom. The fourth-order valence-electron chi connectivity index (χ4n) is 2.93. The minimum absolute atomic E-state index is 0.404. The van der Waals surface area contributed by atoms with E-state index in [4.69, 9.17) is 4.74 Å². The highest BCUT2D eigenvalue weighted by Crippen LogP contribution is 2.26. The van der Waals surface area contributed by atoms with Crippen LogP contribution in [0.4, 0.5) is 5.69 Å². The summed E-state index contributed by atoms with van der Waals surface area (Å²) in [6.07, 6.45) is 4.22. The largest absolute Gasteiger partial charge is 0.385 e. The first-order valence-electron chi connectivity index (χ1n) is 8.03. The maximum atomic E-state index is 5.84. The van der Waals surface area contributed by atoms with Gasteiger partial charge in [0.25, 0.3) is 0 Å². The quantitative estimate of drug-likeness (QED) is 0.889. The third kappa shape index (κ3) is 3.65. The lowest BCUT2D eigenvalue weighted by Crippen LogP contribution is -2.32. The van der Waals surface area contributed by atoms with E-state index in [0.29, 0.717) is 17.9 Å². The molecule has 118 valence electrons. The number of rotatable bonds is 5. The highest BCUT2D eigenvalue weighted by atomic mass is 16.5. The minimum Gasteiger partial charge on any atom is -0.385 e. The van der Waals surface area contributed by atoms with Crippen molar-refractivity contribution in [1.29, 1.82) is 0 Å². The number of ether oxygens (including phenoxy) is 1. The smallest absolute Gasteiger partial charge is 0.155 e. The summed E-state index contributed by atoms with van der Waals surface area (Å²) in [5.74, 6) is 2.07. The van der Waals surface area contributed by atoms with Crippen LogP contribution in [0.2, 0.25) is 0 Å². The Morgan fingerprint density at radius 3 is 3.09 bits per heavy atom. The molecule has 22 heavy (non-hydrogen) atoms. The molecule has 2 atom stereocenters. The van der Waals surface area contributed by atoms with Gasteiger partial charge in [0.2, 0.25) is 0 Å². The summed E-state index contributed by atoms with van der Waals surface area (Å²) in [7, 11) is 0. The van der Waals surface area contributed by atoms with Gasteiger partial charge in [-0.25, -0.2) is 4.98 Å². The van der Waals surface area contributed by atoms with Crippen LogP contribution in [0.1, 0.15) is 26.7 Å². The monoisotopic (exact) mass is 300 g/mol. The first-order valence-corrected chi connectivity index (χ1v) is 8.03. The van der Waals surface area contributed by atoms with Gasteiger partial charge >= 0.3 is 0 Å². The molecule has 1 aliphatic heterocycles. The molecule has 2 heterocycles. The molecule has 0 saturated carbocycles. The lowest BCUT2D eigenvalue weighted by atomic mass is 9.90. The Hall–Kier alpha value is -1.88. The van der Waals surface area contributed by atoms with Crippen LogP contribution >= 0.6 is 0 Å². The summed E-state index contributed by atoms with van der Waals surface area (Å²) in [4.78, 5) is 4.20. The zero-order valence-electron chi connectivity index (χ0n) is 13.2. The first kappa shape index (κ1) is 15.0. The van der Waals surface area contributed by atoms with Gasteiger partial charge in [0, 0.05) is 24.4 Å². The van der Waals surface area contributed by atoms with Crippen molar-refractivity contribution in [3.05, 3.63) is 30.6 Å². The third-order valence-electron chi connectivity index (χ3n) is 4.31. The lowest BCUT2D eigenvalue weighted by molar-refractivity contribution is -0.0314. The number of benzene rings is 1. The molecular formula is C17H24N4O. The fraction of sp³-hybridized carbons (Fsp3) is 0.529. The van der Waals surface area contributed by atoms with Gasteiger partial charge < -0.3 is 10.1 Å². The van der Waals surface area contributed by atoms with Gasteiger partial charge in [0.1, 0.15) is 6.33 Å². The Bertz CT molecular complexity index is 582. The average Bonchev–Trinajstić information content (AvgIpc) is 3.08. The third-order valence-corrected chi connectivity index (χ3v) is 4.31. The van der Waals surface area contributed by atoms with Crippen molar-refractivity contribution in [2.24, 2.45) is 11.8 Å². The van der Waals surface area contributed by atoms with Crippen molar-refractivity contribution in [2.75, 3.05) is 18.5 Å². The van der Waals surface area contributed by atoms with Crippen LogP contribution in [0.25, 0.3) is 11.4 Å². The summed E-state index contributed by atoms with van der Waals surface area (Å²) in [6.45, 7) is 6.35. The van der Waals surface area contributed by atoms with Crippen molar-refractivity contribution in [3.8, 4) is 11.4 Å². The SMILES string of the molecule is CC(C)[C@H]1C[C@@H](CNc2cccc(-c3ncn[nH]3)c2)CCO1. The predicted octanol–water partition coefficient (Wildman–Crippen LogP) is 3.33. The molecule has 0 bridgehead atoms. The van der Waals surface area contributed by atoms with Crippen molar-refractivity contribution in [1.82, 2.24) is 15.2 Å². The maximum Gasteiger partial charge on any atom is 0.155 e. The molecule has 5 heteroatoms.